The predicted octanol–water partition coefficient (Wildman–Crippen LogP) is 2.51. The van der Waals surface area contributed by atoms with Crippen LogP contribution in [0.25, 0.3) is 0 Å². The molecule has 3 heteroatoms. The van der Waals surface area contributed by atoms with Crippen LogP contribution in [-0.4, -0.2) is 9.03 Å². The maximum atomic E-state index is 4.27. The van der Waals surface area contributed by atoms with Crippen molar-refractivity contribution in [1.29, 1.82) is 0 Å². The Hall–Kier alpha value is -0.160. The van der Waals surface area contributed by atoms with Crippen molar-refractivity contribution in [3.63, 3.8) is 0 Å². The molecule has 1 rings (SSSR count). The minimum Gasteiger partial charge on any atom is -0.298 e. The lowest BCUT2D eigenvalue weighted by atomic mass is 10.2. The highest BCUT2D eigenvalue weighted by molar-refractivity contribution is 14.1. The second kappa shape index (κ2) is 4.77. The summed E-state index contributed by atoms with van der Waals surface area (Å²) in [5, 5.41) is 3.38. The van der Waals surface area contributed by atoms with Crippen LogP contribution in [0.15, 0.2) is 24.4 Å². The number of hydrogen-bond donors (Lipinski definition) is 1. The average molecular weight is 276 g/mol. The van der Waals surface area contributed by atoms with Crippen LogP contribution in [0.3, 0.4) is 0 Å². The van der Waals surface area contributed by atoms with Crippen molar-refractivity contribution in [2.45, 2.75) is 23.9 Å². The lowest BCUT2D eigenvalue weighted by Crippen LogP contribution is -2.24. The number of pyridine rings is 1. The molecule has 1 aromatic heterocycles. The van der Waals surface area contributed by atoms with Crippen LogP contribution in [0.5, 0.6) is 0 Å². The van der Waals surface area contributed by atoms with Gasteiger partial charge in [0.05, 0.1) is 9.74 Å². The SMILES string of the molecule is CC(I)NC(C)c1ccccn1. The van der Waals surface area contributed by atoms with E-state index in [1.807, 2.05) is 24.4 Å². The van der Waals surface area contributed by atoms with Gasteiger partial charge in [0.2, 0.25) is 0 Å². The van der Waals surface area contributed by atoms with Crippen molar-refractivity contribution in [1.82, 2.24) is 10.3 Å². The molecule has 66 valence electrons. The summed E-state index contributed by atoms with van der Waals surface area (Å²) in [5.41, 5.74) is 1.10. The molecule has 1 heterocycles. The van der Waals surface area contributed by atoms with Gasteiger partial charge in [0.25, 0.3) is 0 Å². The first-order chi connectivity index (χ1) is 5.70. The van der Waals surface area contributed by atoms with Gasteiger partial charge in [-0.3, -0.25) is 10.3 Å². The number of alkyl halides is 1. The number of rotatable bonds is 3. The molecule has 0 fully saturated rings. The fraction of sp³-hybridized carbons (Fsp3) is 0.444. The van der Waals surface area contributed by atoms with Gasteiger partial charge in [-0.05, 0) is 26.0 Å². The van der Waals surface area contributed by atoms with Crippen LogP contribution < -0.4 is 5.32 Å². The van der Waals surface area contributed by atoms with E-state index in [-0.39, 0.29) is 0 Å². The Balaban J connectivity index is 2.59. The highest BCUT2D eigenvalue weighted by Crippen LogP contribution is 2.10. The van der Waals surface area contributed by atoms with E-state index in [9.17, 15) is 0 Å². The topological polar surface area (TPSA) is 24.9 Å². The van der Waals surface area contributed by atoms with Crippen molar-refractivity contribution < 1.29 is 0 Å². The molecule has 0 aromatic carbocycles. The highest BCUT2D eigenvalue weighted by atomic mass is 127. The van der Waals surface area contributed by atoms with E-state index < -0.39 is 0 Å². The first-order valence-corrected chi connectivity index (χ1v) is 5.26. The van der Waals surface area contributed by atoms with Crippen LogP contribution in [0.4, 0.5) is 0 Å². The molecule has 0 radical (unpaired) electrons. The molecule has 0 aliphatic rings. The fourth-order valence-electron chi connectivity index (χ4n) is 1.06. The van der Waals surface area contributed by atoms with Gasteiger partial charge >= 0.3 is 0 Å². The summed E-state index contributed by atoms with van der Waals surface area (Å²) in [7, 11) is 0. The number of hydrogen-bond acceptors (Lipinski definition) is 2. The second-order valence-corrected chi connectivity index (χ2v) is 4.63. The van der Waals surface area contributed by atoms with E-state index in [4.69, 9.17) is 0 Å². The monoisotopic (exact) mass is 276 g/mol. The predicted molar refractivity (Wildman–Crippen MR) is 59.3 cm³/mol. The zero-order valence-electron chi connectivity index (χ0n) is 7.29. The third-order valence-corrected chi connectivity index (χ3v) is 1.97. The molecule has 12 heavy (non-hydrogen) atoms. The molecule has 0 aliphatic heterocycles. The standard InChI is InChI=1S/C9H13IN2/c1-7(12-8(2)10)9-5-3-4-6-11-9/h3-8,12H,1-2H3. The Morgan fingerprint density at radius 3 is 2.67 bits per heavy atom. The lowest BCUT2D eigenvalue weighted by molar-refractivity contribution is 0.571. The smallest absolute Gasteiger partial charge is 0.0570 e. The lowest BCUT2D eigenvalue weighted by Gasteiger charge is -2.14. The van der Waals surface area contributed by atoms with E-state index in [2.05, 4.69) is 46.7 Å². The zero-order valence-corrected chi connectivity index (χ0v) is 9.45. The molecule has 0 saturated carbocycles. The molecule has 0 aliphatic carbocycles. The Morgan fingerprint density at radius 1 is 1.42 bits per heavy atom. The third-order valence-electron chi connectivity index (χ3n) is 1.61. The maximum Gasteiger partial charge on any atom is 0.0570 e. The summed E-state index contributed by atoms with van der Waals surface area (Å²) < 4.78 is 0.472. The normalized spacial score (nSPS) is 15.6. The van der Waals surface area contributed by atoms with Crippen molar-refractivity contribution in [2.75, 3.05) is 0 Å². The number of aromatic nitrogens is 1. The van der Waals surface area contributed by atoms with Gasteiger partial charge in [-0.25, -0.2) is 0 Å². The molecule has 1 aromatic rings. The van der Waals surface area contributed by atoms with Gasteiger partial charge < -0.3 is 0 Å². The summed E-state index contributed by atoms with van der Waals surface area (Å²) in [4.78, 5) is 4.27. The van der Waals surface area contributed by atoms with Gasteiger partial charge in [0.1, 0.15) is 0 Å². The average Bonchev–Trinajstić information content (AvgIpc) is 2.05. The number of nitrogens with one attached hydrogen (secondary N) is 1. The van der Waals surface area contributed by atoms with Gasteiger partial charge in [0.15, 0.2) is 0 Å². The first-order valence-electron chi connectivity index (χ1n) is 4.01. The molecular formula is C9H13IN2. The van der Waals surface area contributed by atoms with Crippen molar-refractivity contribution in [3.05, 3.63) is 30.1 Å². The van der Waals surface area contributed by atoms with Crippen molar-refractivity contribution >= 4 is 22.6 Å². The summed E-state index contributed by atoms with van der Waals surface area (Å²) in [6, 6.07) is 6.32. The summed E-state index contributed by atoms with van der Waals surface area (Å²) in [5.74, 6) is 0. The van der Waals surface area contributed by atoms with Crippen LogP contribution >= 0.6 is 22.6 Å². The Labute approximate surface area is 86.9 Å². The second-order valence-electron chi connectivity index (χ2n) is 2.76. The minimum absolute atomic E-state index is 0.332. The van der Waals surface area contributed by atoms with Crippen LogP contribution in [-0.2, 0) is 0 Å². The van der Waals surface area contributed by atoms with Crippen LogP contribution in [0.1, 0.15) is 25.6 Å². The molecule has 0 spiro atoms. The van der Waals surface area contributed by atoms with E-state index in [1.54, 1.807) is 0 Å². The van der Waals surface area contributed by atoms with Crippen LogP contribution in [0.2, 0.25) is 0 Å². The Bertz CT molecular complexity index is 223. The molecule has 0 saturated heterocycles. The molecule has 1 N–H and O–H groups in total. The van der Waals surface area contributed by atoms with Gasteiger partial charge in [-0.15, -0.1) is 0 Å². The quantitative estimate of drug-likeness (QED) is 0.521. The Morgan fingerprint density at radius 2 is 2.17 bits per heavy atom. The molecule has 0 bridgehead atoms. The largest absolute Gasteiger partial charge is 0.298 e. The maximum absolute atomic E-state index is 4.27. The van der Waals surface area contributed by atoms with E-state index in [0.717, 1.165) is 5.69 Å². The fourth-order valence-corrected chi connectivity index (χ4v) is 1.60. The van der Waals surface area contributed by atoms with Crippen LogP contribution in [0, 0.1) is 0 Å². The minimum atomic E-state index is 0.332. The molecule has 2 atom stereocenters. The number of nitrogens with zero attached hydrogens (tertiary/aromatic N) is 1. The van der Waals surface area contributed by atoms with Crippen molar-refractivity contribution in [3.8, 4) is 0 Å². The van der Waals surface area contributed by atoms with E-state index in [0.29, 0.717) is 10.1 Å². The van der Waals surface area contributed by atoms with E-state index >= 15 is 0 Å². The summed E-state index contributed by atoms with van der Waals surface area (Å²) >= 11 is 2.35. The first kappa shape index (κ1) is 9.92. The van der Waals surface area contributed by atoms with Gasteiger partial charge in [-0.2, -0.15) is 0 Å². The number of halogens is 1. The third kappa shape index (κ3) is 3.06. The molecule has 2 nitrogen and oxygen atoms in total. The molecule has 2 unspecified atom stereocenters. The summed E-state index contributed by atoms with van der Waals surface area (Å²) in [6.07, 6.45) is 1.82. The molecule has 0 amide bonds. The molecular weight excluding hydrogens is 263 g/mol. The van der Waals surface area contributed by atoms with E-state index in [1.165, 1.54) is 0 Å². The van der Waals surface area contributed by atoms with Gasteiger partial charge in [-0.1, -0.05) is 28.7 Å². The summed E-state index contributed by atoms with van der Waals surface area (Å²) in [6.45, 7) is 4.25. The zero-order chi connectivity index (χ0) is 8.97. The van der Waals surface area contributed by atoms with Crippen molar-refractivity contribution in [2.24, 2.45) is 0 Å². The van der Waals surface area contributed by atoms with Gasteiger partial charge in [0, 0.05) is 12.2 Å². The highest BCUT2D eigenvalue weighted by Gasteiger charge is 2.06. The Kier molecular flexibility index (Phi) is 3.94.